The van der Waals surface area contributed by atoms with E-state index in [2.05, 4.69) is 24.1 Å². The number of benzene rings is 1. The molecule has 8 heteroatoms. The Labute approximate surface area is 231 Å². The summed E-state index contributed by atoms with van der Waals surface area (Å²) >= 11 is 0. The van der Waals surface area contributed by atoms with E-state index in [1.54, 1.807) is 4.90 Å². The molecule has 1 N–H and O–H groups in total. The lowest BCUT2D eigenvalue weighted by atomic mass is 9.74. The molecule has 5 aliphatic rings. The first-order valence-corrected chi connectivity index (χ1v) is 15.2. The Balaban J connectivity index is 1.04. The van der Waals surface area contributed by atoms with Gasteiger partial charge in [0.1, 0.15) is 17.9 Å². The van der Waals surface area contributed by atoms with Gasteiger partial charge in [0.2, 0.25) is 11.8 Å². The van der Waals surface area contributed by atoms with Gasteiger partial charge in [0.15, 0.2) is 0 Å². The summed E-state index contributed by atoms with van der Waals surface area (Å²) in [7, 11) is 0. The van der Waals surface area contributed by atoms with E-state index in [0.717, 1.165) is 29.6 Å². The lowest BCUT2D eigenvalue weighted by Crippen LogP contribution is -2.59. The van der Waals surface area contributed by atoms with E-state index in [-0.39, 0.29) is 30.2 Å². The maximum Gasteiger partial charge on any atom is 0.255 e. The number of carbonyl (C=O) groups is 3. The zero-order valence-corrected chi connectivity index (χ0v) is 23.4. The molecule has 3 heterocycles. The highest BCUT2D eigenvalue weighted by molar-refractivity contribution is 6.05. The number of rotatable bonds is 7. The van der Waals surface area contributed by atoms with E-state index >= 15 is 0 Å². The molecule has 2 aliphatic carbocycles. The summed E-state index contributed by atoms with van der Waals surface area (Å²) in [4.78, 5) is 41.2. The van der Waals surface area contributed by atoms with Gasteiger partial charge in [-0.05, 0) is 101 Å². The smallest absolute Gasteiger partial charge is 0.255 e. The molecule has 3 amide bonds. The number of hydrogen-bond acceptors (Lipinski definition) is 6. The van der Waals surface area contributed by atoms with E-state index in [9.17, 15) is 14.4 Å². The van der Waals surface area contributed by atoms with Crippen LogP contribution in [0.2, 0.25) is 0 Å². The number of fused-ring (bicyclic) bond motifs is 1. The topological polar surface area (TPSA) is 88.2 Å². The van der Waals surface area contributed by atoms with E-state index in [1.807, 2.05) is 18.2 Å². The van der Waals surface area contributed by atoms with Gasteiger partial charge in [-0.15, -0.1) is 0 Å². The van der Waals surface area contributed by atoms with Crippen molar-refractivity contribution in [1.82, 2.24) is 15.1 Å². The molecule has 0 bridgehead atoms. The van der Waals surface area contributed by atoms with Crippen molar-refractivity contribution in [3.05, 3.63) is 29.3 Å². The Morgan fingerprint density at radius 2 is 1.69 bits per heavy atom. The highest BCUT2D eigenvalue weighted by atomic mass is 16.5. The molecule has 3 atom stereocenters. The zero-order chi connectivity index (χ0) is 27.1. The minimum absolute atomic E-state index is 0.141. The van der Waals surface area contributed by atoms with Crippen LogP contribution in [0.4, 0.5) is 0 Å². The van der Waals surface area contributed by atoms with Crippen molar-refractivity contribution < 1.29 is 23.9 Å². The molecular weight excluding hydrogens is 494 g/mol. The van der Waals surface area contributed by atoms with Crippen LogP contribution in [0.15, 0.2) is 18.2 Å². The average Bonchev–Trinajstić information content (AvgIpc) is 3.20. The summed E-state index contributed by atoms with van der Waals surface area (Å²) in [5, 5.41) is 2.37. The van der Waals surface area contributed by atoms with Gasteiger partial charge in [0.05, 0.1) is 12.2 Å². The number of carbonyl (C=O) groups excluding carboxylic acids is 3. The predicted octanol–water partition coefficient (Wildman–Crippen LogP) is 4.05. The first kappa shape index (κ1) is 26.8. The molecule has 1 unspecified atom stereocenters. The summed E-state index contributed by atoms with van der Waals surface area (Å²) < 4.78 is 12.7. The number of hydrogen-bond donors (Lipinski definition) is 1. The quantitative estimate of drug-likeness (QED) is 0.528. The molecule has 0 radical (unpaired) electrons. The molecule has 2 saturated heterocycles. The van der Waals surface area contributed by atoms with Crippen LogP contribution < -0.4 is 10.1 Å². The van der Waals surface area contributed by atoms with Crippen LogP contribution in [-0.2, 0) is 20.9 Å². The lowest BCUT2D eigenvalue weighted by molar-refractivity contribution is -0.136. The Morgan fingerprint density at radius 3 is 2.44 bits per heavy atom. The molecule has 212 valence electrons. The number of ether oxygens (including phenoxy) is 2. The minimum atomic E-state index is -0.591. The predicted molar refractivity (Wildman–Crippen MR) is 146 cm³/mol. The van der Waals surface area contributed by atoms with Crippen LogP contribution in [0.5, 0.6) is 5.75 Å². The third kappa shape index (κ3) is 5.60. The standard InChI is InChI=1S/C31H43N3O5/c1-19(2)38-23-9-7-20(8-10-23)22-16-33(17-22)26-5-3-4-6-28(26)39-24-11-12-25-21(15-24)18-34(31(25)37)27-13-14-29(35)32-30(27)36/h11-12,15,19-20,22-23,26-28H,3-10,13-14,16-18H2,1-2H3,(H,32,35,36)/t20?,23?,26-,27?,28+/m0/s1. The summed E-state index contributed by atoms with van der Waals surface area (Å²) in [5.74, 6) is 1.66. The van der Waals surface area contributed by atoms with E-state index in [4.69, 9.17) is 9.47 Å². The van der Waals surface area contributed by atoms with Crippen LogP contribution in [0.3, 0.4) is 0 Å². The summed E-state index contributed by atoms with van der Waals surface area (Å²) in [6.07, 6.45) is 11.3. The van der Waals surface area contributed by atoms with Crippen molar-refractivity contribution in [2.75, 3.05) is 13.1 Å². The van der Waals surface area contributed by atoms with E-state index in [0.29, 0.717) is 36.8 Å². The van der Waals surface area contributed by atoms with Crippen molar-refractivity contribution in [3.63, 3.8) is 0 Å². The molecule has 8 nitrogen and oxygen atoms in total. The number of nitrogens with one attached hydrogen (secondary N) is 1. The molecule has 1 aromatic rings. The van der Waals surface area contributed by atoms with Crippen molar-refractivity contribution in [3.8, 4) is 5.75 Å². The van der Waals surface area contributed by atoms with E-state index in [1.165, 1.54) is 58.0 Å². The molecule has 4 fully saturated rings. The first-order valence-electron chi connectivity index (χ1n) is 15.2. The van der Waals surface area contributed by atoms with Crippen LogP contribution in [0.1, 0.15) is 94.0 Å². The maximum absolute atomic E-state index is 13.0. The molecule has 0 spiro atoms. The molecule has 6 rings (SSSR count). The molecule has 3 aliphatic heterocycles. The fourth-order valence-electron chi connectivity index (χ4n) is 7.63. The summed E-state index contributed by atoms with van der Waals surface area (Å²) in [6.45, 7) is 7.02. The largest absolute Gasteiger partial charge is 0.489 e. The van der Waals surface area contributed by atoms with Crippen molar-refractivity contribution >= 4 is 17.7 Å². The van der Waals surface area contributed by atoms with Gasteiger partial charge in [0.25, 0.3) is 5.91 Å². The Kier molecular flexibility index (Phi) is 7.68. The number of nitrogens with zero attached hydrogens (tertiary/aromatic N) is 2. The summed E-state index contributed by atoms with van der Waals surface area (Å²) in [5.41, 5.74) is 1.53. The third-order valence-corrected chi connectivity index (χ3v) is 9.71. The van der Waals surface area contributed by atoms with Gasteiger partial charge < -0.3 is 14.4 Å². The Morgan fingerprint density at radius 1 is 0.923 bits per heavy atom. The van der Waals surface area contributed by atoms with Crippen LogP contribution >= 0.6 is 0 Å². The fourth-order valence-corrected chi connectivity index (χ4v) is 7.63. The third-order valence-electron chi connectivity index (χ3n) is 9.71. The highest BCUT2D eigenvalue weighted by Gasteiger charge is 2.43. The van der Waals surface area contributed by atoms with Gasteiger partial charge in [-0.1, -0.05) is 6.42 Å². The van der Waals surface area contributed by atoms with E-state index < -0.39 is 6.04 Å². The van der Waals surface area contributed by atoms with Gasteiger partial charge >= 0.3 is 0 Å². The molecule has 2 saturated carbocycles. The molecular formula is C31H43N3O5. The Bertz CT molecular complexity index is 1090. The number of imide groups is 1. The number of amides is 3. The SMILES string of the molecule is CC(C)OC1CCC(C2CN([C@H]3CCCC[C@H]3Oc3ccc4c(c3)CN(C3CCC(=O)NC3=O)C4=O)C2)CC1. The zero-order valence-electron chi connectivity index (χ0n) is 23.4. The molecule has 39 heavy (non-hydrogen) atoms. The maximum atomic E-state index is 13.0. The van der Waals surface area contributed by atoms with Crippen LogP contribution in [0, 0.1) is 11.8 Å². The Hall–Kier alpha value is -2.45. The van der Waals surface area contributed by atoms with Gasteiger partial charge in [-0.3, -0.25) is 24.6 Å². The van der Waals surface area contributed by atoms with Gasteiger partial charge in [0, 0.05) is 37.7 Å². The second-order valence-electron chi connectivity index (χ2n) is 12.7. The number of piperidine rings is 1. The average molecular weight is 538 g/mol. The van der Waals surface area contributed by atoms with Crippen molar-refractivity contribution in [1.29, 1.82) is 0 Å². The molecule has 0 aromatic heterocycles. The normalized spacial score (nSPS) is 32.2. The minimum Gasteiger partial charge on any atom is -0.489 e. The monoisotopic (exact) mass is 537 g/mol. The molecule has 1 aromatic carbocycles. The van der Waals surface area contributed by atoms with Crippen molar-refractivity contribution in [2.45, 2.75) is 115 Å². The highest BCUT2D eigenvalue weighted by Crippen LogP contribution is 2.40. The second-order valence-corrected chi connectivity index (χ2v) is 12.7. The van der Waals surface area contributed by atoms with Crippen molar-refractivity contribution in [2.24, 2.45) is 11.8 Å². The second kappa shape index (κ2) is 11.2. The van der Waals surface area contributed by atoms with Crippen LogP contribution in [0.25, 0.3) is 0 Å². The van der Waals surface area contributed by atoms with Gasteiger partial charge in [-0.2, -0.15) is 0 Å². The summed E-state index contributed by atoms with van der Waals surface area (Å²) in [6, 6.07) is 5.60. The first-order chi connectivity index (χ1) is 18.9. The fraction of sp³-hybridized carbons (Fsp3) is 0.710. The number of likely N-dealkylation sites (tertiary alicyclic amines) is 1. The van der Waals surface area contributed by atoms with Gasteiger partial charge in [-0.25, -0.2) is 0 Å². The lowest BCUT2D eigenvalue weighted by Gasteiger charge is -2.51. The van der Waals surface area contributed by atoms with Crippen LogP contribution in [-0.4, -0.2) is 71.0 Å².